The number of fused-ring (bicyclic) bond motifs is 1. The minimum absolute atomic E-state index is 0.00781. The van der Waals surface area contributed by atoms with Crippen molar-refractivity contribution >= 4 is 11.6 Å². The summed E-state index contributed by atoms with van der Waals surface area (Å²) in [5.41, 5.74) is 0.171. The predicted octanol–water partition coefficient (Wildman–Crippen LogP) is 3.44. The summed E-state index contributed by atoms with van der Waals surface area (Å²) in [6, 6.07) is 3.34. The van der Waals surface area contributed by atoms with Crippen LogP contribution in [-0.2, 0) is 17.8 Å². The SMILES string of the molecule is CCc1c(F)ccc2c1OC(F)(F)C(=O)N2Cc1cncc(F)c1. The Kier molecular flexibility index (Phi) is 3.90. The molecule has 2 heterocycles. The Balaban J connectivity index is 2.10. The summed E-state index contributed by atoms with van der Waals surface area (Å²) in [6.07, 6.45) is -1.81. The smallest absolute Gasteiger partial charge is 0.423 e. The number of carbonyl (C=O) groups excluding carboxylic acids is 1. The van der Waals surface area contributed by atoms with Crippen molar-refractivity contribution in [1.29, 1.82) is 0 Å². The molecule has 1 aromatic heterocycles. The van der Waals surface area contributed by atoms with E-state index in [2.05, 4.69) is 9.72 Å². The van der Waals surface area contributed by atoms with E-state index in [1.807, 2.05) is 0 Å². The Bertz CT molecular complexity index is 811. The van der Waals surface area contributed by atoms with Crippen LogP contribution in [0.2, 0.25) is 0 Å². The van der Waals surface area contributed by atoms with E-state index in [0.29, 0.717) is 0 Å². The maximum absolute atomic E-state index is 13.9. The zero-order valence-electron chi connectivity index (χ0n) is 12.5. The van der Waals surface area contributed by atoms with Crippen LogP contribution in [0.4, 0.5) is 23.2 Å². The van der Waals surface area contributed by atoms with Crippen molar-refractivity contribution in [3.05, 3.63) is 53.4 Å². The van der Waals surface area contributed by atoms with Gasteiger partial charge in [0.1, 0.15) is 11.6 Å². The number of hydrogen-bond donors (Lipinski definition) is 0. The molecule has 0 aliphatic carbocycles. The molecule has 126 valence electrons. The van der Waals surface area contributed by atoms with E-state index in [0.717, 1.165) is 23.2 Å². The molecule has 1 amide bonds. The number of ether oxygens (including phenoxy) is 1. The van der Waals surface area contributed by atoms with Crippen LogP contribution in [0, 0.1) is 11.6 Å². The van der Waals surface area contributed by atoms with Gasteiger partial charge in [-0.15, -0.1) is 0 Å². The highest BCUT2D eigenvalue weighted by Crippen LogP contribution is 2.43. The van der Waals surface area contributed by atoms with E-state index in [-0.39, 0.29) is 35.5 Å². The third kappa shape index (κ3) is 2.68. The van der Waals surface area contributed by atoms with E-state index in [1.165, 1.54) is 12.3 Å². The van der Waals surface area contributed by atoms with Gasteiger partial charge >= 0.3 is 12.0 Å². The van der Waals surface area contributed by atoms with Crippen LogP contribution in [0.15, 0.2) is 30.6 Å². The Morgan fingerprint density at radius 1 is 1.25 bits per heavy atom. The standard InChI is InChI=1S/C16H12F4N2O2/c1-2-11-12(18)3-4-13-14(11)24-16(19,20)15(23)22(13)8-9-5-10(17)7-21-6-9/h3-7H,2,8H2,1H3. The fourth-order valence-corrected chi connectivity index (χ4v) is 2.57. The molecule has 0 saturated heterocycles. The lowest BCUT2D eigenvalue weighted by molar-refractivity contribution is -0.193. The fraction of sp³-hybridized carbons (Fsp3) is 0.250. The van der Waals surface area contributed by atoms with Gasteiger partial charge < -0.3 is 4.74 Å². The largest absolute Gasteiger partial charge is 0.483 e. The number of alkyl halides is 2. The number of benzene rings is 1. The van der Waals surface area contributed by atoms with Crippen LogP contribution in [0.5, 0.6) is 5.75 Å². The minimum atomic E-state index is -4.13. The fourth-order valence-electron chi connectivity index (χ4n) is 2.57. The topological polar surface area (TPSA) is 42.4 Å². The van der Waals surface area contributed by atoms with Gasteiger partial charge in [0.05, 0.1) is 18.4 Å². The molecule has 0 N–H and O–H groups in total. The third-order valence-electron chi connectivity index (χ3n) is 3.65. The van der Waals surface area contributed by atoms with E-state index in [4.69, 9.17) is 0 Å². The molecule has 1 aliphatic rings. The van der Waals surface area contributed by atoms with Gasteiger partial charge in [0, 0.05) is 11.8 Å². The van der Waals surface area contributed by atoms with Crippen LogP contribution in [0.1, 0.15) is 18.1 Å². The van der Waals surface area contributed by atoms with E-state index >= 15 is 0 Å². The van der Waals surface area contributed by atoms with Crippen molar-refractivity contribution in [3.8, 4) is 5.75 Å². The number of amides is 1. The molecule has 8 heteroatoms. The van der Waals surface area contributed by atoms with Crippen molar-refractivity contribution in [2.24, 2.45) is 0 Å². The number of halogens is 4. The zero-order chi connectivity index (χ0) is 17.5. The minimum Gasteiger partial charge on any atom is -0.423 e. The van der Waals surface area contributed by atoms with Gasteiger partial charge in [0.2, 0.25) is 0 Å². The first kappa shape index (κ1) is 16.2. The lowest BCUT2D eigenvalue weighted by Crippen LogP contribution is -2.50. The molecule has 0 saturated carbocycles. The number of carbonyl (C=O) groups is 1. The van der Waals surface area contributed by atoms with E-state index in [1.54, 1.807) is 6.92 Å². The molecular weight excluding hydrogens is 328 g/mol. The Morgan fingerprint density at radius 3 is 2.67 bits per heavy atom. The zero-order valence-corrected chi connectivity index (χ0v) is 12.5. The Morgan fingerprint density at radius 2 is 2.00 bits per heavy atom. The first-order chi connectivity index (χ1) is 11.3. The van der Waals surface area contributed by atoms with Gasteiger partial charge in [-0.1, -0.05) is 6.92 Å². The van der Waals surface area contributed by atoms with Crippen molar-refractivity contribution in [3.63, 3.8) is 0 Å². The van der Waals surface area contributed by atoms with E-state index in [9.17, 15) is 22.4 Å². The molecule has 1 aliphatic heterocycles. The number of anilines is 1. The maximum Gasteiger partial charge on any atom is 0.483 e. The lowest BCUT2D eigenvalue weighted by atomic mass is 10.1. The highest BCUT2D eigenvalue weighted by Gasteiger charge is 2.51. The molecule has 24 heavy (non-hydrogen) atoms. The summed E-state index contributed by atoms with van der Waals surface area (Å²) in [4.78, 5) is 16.4. The van der Waals surface area contributed by atoms with Gasteiger partial charge in [0.25, 0.3) is 0 Å². The number of nitrogens with zero attached hydrogens (tertiary/aromatic N) is 2. The monoisotopic (exact) mass is 340 g/mol. The summed E-state index contributed by atoms with van der Waals surface area (Å²) < 4.78 is 59.4. The number of aromatic nitrogens is 1. The quantitative estimate of drug-likeness (QED) is 0.804. The molecule has 0 spiro atoms. The molecule has 0 fully saturated rings. The Labute approximate surface area is 134 Å². The van der Waals surface area contributed by atoms with Gasteiger partial charge in [-0.05, 0) is 30.2 Å². The van der Waals surface area contributed by atoms with Gasteiger partial charge in [-0.3, -0.25) is 14.7 Å². The highest BCUT2D eigenvalue weighted by molar-refractivity contribution is 6.01. The van der Waals surface area contributed by atoms with Gasteiger partial charge in [-0.25, -0.2) is 8.78 Å². The second-order valence-corrected chi connectivity index (χ2v) is 5.25. The van der Waals surface area contributed by atoms with Crippen LogP contribution in [0.25, 0.3) is 0 Å². The molecule has 2 aromatic rings. The second kappa shape index (κ2) is 5.77. The average Bonchev–Trinajstić information content (AvgIpc) is 2.52. The van der Waals surface area contributed by atoms with Gasteiger partial charge in [-0.2, -0.15) is 8.78 Å². The summed E-state index contributed by atoms with van der Waals surface area (Å²) >= 11 is 0. The van der Waals surface area contributed by atoms with Crippen LogP contribution >= 0.6 is 0 Å². The number of pyridine rings is 1. The number of rotatable bonds is 3. The van der Waals surface area contributed by atoms with Crippen LogP contribution < -0.4 is 9.64 Å². The summed E-state index contributed by atoms with van der Waals surface area (Å²) in [6.45, 7) is 1.24. The summed E-state index contributed by atoms with van der Waals surface area (Å²) in [5, 5.41) is 0. The molecule has 4 nitrogen and oxygen atoms in total. The van der Waals surface area contributed by atoms with Gasteiger partial charge in [0.15, 0.2) is 5.75 Å². The molecule has 3 rings (SSSR count). The van der Waals surface area contributed by atoms with Crippen molar-refractivity contribution in [2.75, 3.05) is 4.90 Å². The second-order valence-electron chi connectivity index (χ2n) is 5.25. The first-order valence-electron chi connectivity index (χ1n) is 7.13. The van der Waals surface area contributed by atoms with Crippen molar-refractivity contribution in [1.82, 2.24) is 4.98 Å². The van der Waals surface area contributed by atoms with Crippen molar-refractivity contribution < 1.29 is 27.1 Å². The summed E-state index contributed by atoms with van der Waals surface area (Å²) in [5.74, 6) is -3.35. The molecule has 0 atom stereocenters. The van der Waals surface area contributed by atoms with E-state index < -0.39 is 23.7 Å². The third-order valence-corrected chi connectivity index (χ3v) is 3.65. The van der Waals surface area contributed by atoms with Crippen molar-refractivity contribution in [2.45, 2.75) is 26.0 Å². The maximum atomic E-state index is 13.9. The number of hydrogen-bond acceptors (Lipinski definition) is 3. The molecule has 0 bridgehead atoms. The van der Waals surface area contributed by atoms with Crippen LogP contribution in [0.3, 0.4) is 0 Å². The molecule has 0 radical (unpaired) electrons. The first-order valence-corrected chi connectivity index (χ1v) is 7.13. The lowest BCUT2D eigenvalue weighted by Gasteiger charge is -2.34. The highest BCUT2D eigenvalue weighted by atomic mass is 19.3. The van der Waals surface area contributed by atoms with Crippen LogP contribution in [-0.4, -0.2) is 17.0 Å². The molecular formula is C16H12F4N2O2. The average molecular weight is 340 g/mol. The molecule has 0 unspecified atom stereocenters. The normalized spacial score (nSPS) is 15.9. The summed E-state index contributed by atoms with van der Waals surface area (Å²) in [7, 11) is 0. The Hall–Kier alpha value is -2.64. The predicted molar refractivity (Wildman–Crippen MR) is 76.7 cm³/mol. The molecule has 1 aromatic carbocycles.